The van der Waals surface area contributed by atoms with Gasteiger partial charge in [-0.1, -0.05) is 54.3 Å². The lowest BCUT2D eigenvalue weighted by molar-refractivity contribution is -0.140. The van der Waals surface area contributed by atoms with Crippen LogP contribution in [0.5, 0.6) is 0 Å². The van der Waals surface area contributed by atoms with Crippen LogP contribution in [0.15, 0.2) is 53.4 Å². The Bertz CT molecular complexity index is 1100. The molecule has 0 saturated carbocycles. The number of thiocarbonyl (C=S) groups is 1. The average molecular weight is 428 g/mol. The molecule has 0 spiro atoms. The quantitative estimate of drug-likeness (QED) is 0.596. The number of anilines is 1. The van der Waals surface area contributed by atoms with E-state index in [4.69, 9.17) is 17.3 Å². The van der Waals surface area contributed by atoms with Crippen molar-refractivity contribution in [1.82, 2.24) is 4.90 Å². The average Bonchev–Trinajstić information content (AvgIpc) is 3.11. The fourth-order valence-electron chi connectivity index (χ4n) is 3.25. The highest BCUT2D eigenvalue weighted by molar-refractivity contribution is 8.26. The maximum atomic E-state index is 13.3. The topological polar surface area (TPSA) is 77.9 Å². The van der Waals surface area contributed by atoms with Gasteiger partial charge >= 0.3 is 5.97 Å². The van der Waals surface area contributed by atoms with E-state index in [2.05, 4.69) is 0 Å². The van der Waals surface area contributed by atoms with Gasteiger partial charge in [-0.15, -0.1) is 0 Å². The smallest absolute Gasteiger partial charge is 0.323 e. The molecule has 0 bridgehead atoms. The van der Waals surface area contributed by atoms with Gasteiger partial charge in [-0.3, -0.25) is 19.3 Å². The normalized spacial score (nSPS) is 18.6. The zero-order valence-electron chi connectivity index (χ0n) is 14.8. The third-order valence-corrected chi connectivity index (χ3v) is 5.99. The molecule has 2 aromatic rings. The molecule has 29 heavy (non-hydrogen) atoms. The van der Waals surface area contributed by atoms with Crippen LogP contribution in [-0.2, 0) is 20.9 Å². The molecular formula is C20H13FN2O4S2. The summed E-state index contributed by atoms with van der Waals surface area (Å²) in [5.41, 5.74) is 2.14. The van der Waals surface area contributed by atoms with Crippen LogP contribution in [0.4, 0.5) is 10.1 Å². The van der Waals surface area contributed by atoms with Crippen LogP contribution in [0.3, 0.4) is 0 Å². The van der Waals surface area contributed by atoms with Crippen molar-refractivity contribution in [3.8, 4) is 0 Å². The number of carbonyl (C=O) groups is 3. The Kier molecular flexibility index (Phi) is 4.93. The van der Waals surface area contributed by atoms with Crippen LogP contribution in [-0.4, -0.2) is 38.7 Å². The van der Waals surface area contributed by atoms with Gasteiger partial charge < -0.3 is 10.0 Å². The molecule has 0 unspecified atom stereocenters. The van der Waals surface area contributed by atoms with Gasteiger partial charge in [0.2, 0.25) is 0 Å². The van der Waals surface area contributed by atoms with Gasteiger partial charge in [0, 0.05) is 5.56 Å². The third kappa shape index (κ3) is 3.43. The number of rotatable bonds is 4. The lowest BCUT2D eigenvalue weighted by Crippen LogP contribution is -2.33. The second kappa shape index (κ2) is 7.41. The summed E-state index contributed by atoms with van der Waals surface area (Å²) < 4.78 is 13.3. The molecule has 6 nitrogen and oxygen atoms in total. The van der Waals surface area contributed by atoms with E-state index in [-0.39, 0.29) is 33.1 Å². The van der Waals surface area contributed by atoms with Crippen LogP contribution < -0.4 is 4.90 Å². The van der Waals surface area contributed by atoms with Gasteiger partial charge in [-0.05, 0) is 23.8 Å². The van der Waals surface area contributed by atoms with Crippen LogP contribution in [0.1, 0.15) is 11.1 Å². The first-order valence-electron chi connectivity index (χ1n) is 8.52. The molecule has 1 saturated heterocycles. The molecule has 1 fully saturated rings. The van der Waals surface area contributed by atoms with E-state index < -0.39 is 18.4 Å². The van der Waals surface area contributed by atoms with Crippen molar-refractivity contribution in [3.63, 3.8) is 0 Å². The predicted octanol–water partition coefficient (Wildman–Crippen LogP) is 3.03. The minimum atomic E-state index is -1.19. The number of fused-ring (bicyclic) bond motifs is 1. The number of carboxylic acids is 1. The first-order valence-corrected chi connectivity index (χ1v) is 9.74. The lowest BCUT2D eigenvalue weighted by atomic mass is 10.1. The molecule has 1 N–H and O–H groups in total. The Morgan fingerprint density at radius 1 is 1.03 bits per heavy atom. The first kappa shape index (κ1) is 19.3. The predicted molar refractivity (Wildman–Crippen MR) is 110 cm³/mol. The van der Waals surface area contributed by atoms with Gasteiger partial charge in [0.1, 0.15) is 16.7 Å². The number of carbonyl (C=O) groups excluding carboxylic acids is 2. The van der Waals surface area contributed by atoms with Crippen molar-refractivity contribution >= 4 is 57.3 Å². The zero-order chi connectivity index (χ0) is 20.7. The number of thioether (sulfide) groups is 1. The van der Waals surface area contributed by atoms with Crippen LogP contribution in [0, 0.1) is 5.82 Å². The van der Waals surface area contributed by atoms with E-state index in [1.165, 1.54) is 17.0 Å². The maximum Gasteiger partial charge on any atom is 0.323 e. The van der Waals surface area contributed by atoms with Crippen LogP contribution >= 0.6 is 24.0 Å². The van der Waals surface area contributed by atoms with Crippen molar-refractivity contribution in [2.45, 2.75) is 6.54 Å². The molecule has 4 rings (SSSR count). The number of amides is 2. The number of benzene rings is 2. The van der Waals surface area contributed by atoms with Gasteiger partial charge in [0.15, 0.2) is 0 Å². The summed E-state index contributed by atoms with van der Waals surface area (Å²) in [6, 6.07) is 12.9. The van der Waals surface area contributed by atoms with E-state index in [0.717, 1.165) is 22.2 Å². The van der Waals surface area contributed by atoms with E-state index in [1.54, 1.807) is 36.4 Å². The fraction of sp³-hybridized carbons (Fsp3) is 0.100. The van der Waals surface area contributed by atoms with Crippen molar-refractivity contribution in [1.29, 1.82) is 0 Å². The van der Waals surface area contributed by atoms with E-state index >= 15 is 0 Å². The molecule has 2 aliphatic rings. The second-order valence-corrected chi connectivity index (χ2v) is 8.04. The maximum absolute atomic E-state index is 13.3. The van der Waals surface area contributed by atoms with E-state index in [9.17, 15) is 18.8 Å². The number of nitrogens with zero attached hydrogens (tertiary/aromatic N) is 2. The lowest BCUT2D eigenvalue weighted by Gasteiger charge is -2.17. The number of aliphatic carboxylic acids is 1. The van der Waals surface area contributed by atoms with Crippen molar-refractivity contribution < 1.29 is 23.9 Å². The number of hydrogen-bond donors (Lipinski definition) is 1. The summed E-state index contributed by atoms with van der Waals surface area (Å²) in [4.78, 5) is 39.7. The summed E-state index contributed by atoms with van der Waals surface area (Å²) in [5.74, 6) is -2.54. The Morgan fingerprint density at radius 2 is 1.72 bits per heavy atom. The third-order valence-electron chi connectivity index (χ3n) is 4.55. The fourth-order valence-corrected chi connectivity index (χ4v) is 4.58. The van der Waals surface area contributed by atoms with E-state index in [0.29, 0.717) is 11.3 Å². The van der Waals surface area contributed by atoms with E-state index in [1.807, 2.05) is 0 Å². The minimum Gasteiger partial charge on any atom is -0.480 e. The number of para-hydroxylation sites is 1. The summed E-state index contributed by atoms with van der Waals surface area (Å²) in [6.07, 6.45) is 0. The Hall–Kier alpha value is -3.04. The SMILES string of the molecule is O=C(O)CN1C(=O)/C(=C2/C(=O)N(Cc3ccc(F)cc3)c3ccccc32)SC1=S. The highest BCUT2D eigenvalue weighted by atomic mass is 32.2. The molecule has 2 heterocycles. The number of carboxylic acid groups (broad SMARTS) is 1. The molecule has 9 heteroatoms. The zero-order valence-corrected chi connectivity index (χ0v) is 16.4. The van der Waals surface area contributed by atoms with Gasteiger partial charge in [-0.2, -0.15) is 0 Å². The first-order chi connectivity index (χ1) is 13.9. The highest BCUT2D eigenvalue weighted by Gasteiger charge is 2.42. The molecular weight excluding hydrogens is 415 g/mol. The molecule has 0 aromatic heterocycles. The molecule has 146 valence electrons. The molecule has 2 aromatic carbocycles. The molecule has 0 atom stereocenters. The minimum absolute atomic E-state index is 0.0992. The van der Waals surface area contributed by atoms with Gasteiger partial charge in [-0.25, -0.2) is 4.39 Å². The monoisotopic (exact) mass is 428 g/mol. The Balaban J connectivity index is 1.76. The van der Waals surface area contributed by atoms with Crippen molar-refractivity contribution in [2.24, 2.45) is 0 Å². The van der Waals surface area contributed by atoms with Crippen LogP contribution in [0.25, 0.3) is 5.57 Å². The number of halogens is 1. The summed E-state index contributed by atoms with van der Waals surface area (Å²) in [6.45, 7) is -0.356. The van der Waals surface area contributed by atoms with Crippen molar-refractivity contribution in [3.05, 3.63) is 70.4 Å². The molecule has 0 aliphatic carbocycles. The largest absolute Gasteiger partial charge is 0.480 e. The standard InChI is InChI=1S/C20H13FN2O4S2/c21-12-7-5-11(6-8-12)9-22-14-4-2-1-3-13(14)16(18(22)26)17-19(27)23(10-15(24)25)20(28)29-17/h1-8H,9-10H2,(H,24,25)/b17-16-. The van der Waals surface area contributed by atoms with Gasteiger partial charge in [0.25, 0.3) is 11.8 Å². The number of hydrogen-bond acceptors (Lipinski definition) is 5. The Morgan fingerprint density at radius 3 is 2.41 bits per heavy atom. The summed E-state index contributed by atoms with van der Waals surface area (Å²) in [7, 11) is 0. The Labute approximate surface area is 174 Å². The molecule has 2 amide bonds. The highest BCUT2D eigenvalue weighted by Crippen LogP contribution is 2.44. The van der Waals surface area contributed by atoms with Crippen LogP contribution in [0.2, 0.25) is 0 Å². The summed E-state index contributed by atoms with van der Waals surface area (Å²) >= 11 is 6.07. The summed E-state index contributed by atoms with van der Waals surface area (Å²) in [5, 5.41) is 9.02. The molecule has 0 radical (unpaired) electrons. The molecule has 2 aliphatic heterocycles. The van der Waals surface area contributed by atoms with Crippen molar-refractivity contribution in [2.75, 3.05) is 11.4 Å². The second-order valence-electron chi connectivity index (χ2n) is 6.39. The van der Waals surface area contributed by atoms with Gasteiger partial charge in [0.05, 0.1) is 22.7 Å².